The zero-order valence-corrected chi connectivity index (χ0v) is 6.63. The number of H-pyrrole nitrogens is 1. The van der Waals surface area contributed by atoms with Gasteiger partial charge in [-0.2, -0.15) is 0 Å². The smallest absolute Gasteiger partial charge is 0.224 e. The molecule has 0 bridgehead atoms. The Morgan fingerprint density at radius 1 is 1.64 bits per heavy atom. The van der Waals surface area contributed by atoms with Gasteiger partial charge in [-0.3, -0.25) is 0 Å². The van der Waals surface area contributed by atoms with Crippen molar-refractivity contribution in [3.05, 3.63) is 24.0 Å². The van der Waals surface area contributed by atoms with Gasteiger partial charge in [0.05, 0.1) is 6.61 Å². The minimum absolute atomic E-state index is 0.611. The Bertz CT molecular complexity index is 259. The van der Waals surface area contributed by atoms with Gasteiger partial charge in [0, 0.05) is 12.0 Å². The molecule has 0 aliphatic carbocycles. The van der Waals surface area contributed by atoms with Crippen molar-refractivity contribution in [2.24, 2.45) is 0 Å². The van der Waals surface area contributed by atoms with Crippen molar-refractivity contribution in [2.75, 3.05) is 6.61 Å². The fourth-order valence-electron chi connectivity index (χ4n) is 1.44. The molecule has 11 heavy (non-hydrogen) atoms. The first-order valence-corrected chi connectivity index (χ1v) is 4.01. The third-order valence-corrected chi connectivity index (χ3v) is 2.15. The highest BCUT2D eigenvalue weighted by Gasteiger charge is 2.22. The lowest BCUT2D eigenvalue weighted by Crippen LogP contribution is -2.21. The van der Waals surface area contributed by atoms with Gasteiger partial charge in [-0.05, 0) is 12.5 Å². The molecule has 1 aromatic rings. The zero-order valence-electron chi connectivity index (χ0n) is 6.63. The summed E-state index contributed by atoms with van der Waals surface area (Å²) in [6.45, 7) is 3.07. The topological polar surface area (TPSA) is 23.4 Å². The molecule has 0 fully saturated rings. The number of aromatic amines is 1. The predicted molar refractivity (Wildman–Crippen MR) is 41.5 cm³/mol. The van der Waals surface area contributed by atoms with E-state index in [0.29, 0.717) is 5.92 Å². The van der Waals surface area contributed by atoms with E-state index in [0.717, 1.165) is 18.8 Å². The maximum Gasteiger partial charge on any atom is 0.224 e. The number of rotatable bonds is 0. The monoisotopic (exact) mass is 150 g/mol. The molecule has 2 heterocycles. The van der Waals surface area contributed by atoms with Crippen molar-refractivity contribution in [3.8, 4) is 5.75 Å². The summed E-state index contributed by atoms with van der Waals surface area (Å²) in [5, 5.41) is 0. The van der Waals surface area contributed by atoms with Gasteiger partial charge in [0.15, 0.2) is 11.9 Å². The van der Waals surface area contributed by atoms with E-state index < -0.39 is 0 Å². The van der Waals surface area contributed by atoms with Crippen molar-refractivity contribution in [2.45, 2.75) is 19.3 Å². The number of fused-ring (bicyclic) bond motifs is 1. The predicted octanol–water partition coefficient (Wildman–Crippen LogP) is 1.39. The van der Waals surface area contributed by atoms with Crippen LogP contribution in [0.5, 0.6) is 5.75 Å². The summed E-state index contributed by atoms with van der Waals surface area (Å²) in [5.41, 5.74) is 1.23. The van der Waals surface area contributed by atoms with Crippen LogP contribution >= 0.6 is 0 Å². The van der Waals surface area contributed by atoms with Crippen LogP contribution in [-0.4, -0.2) is 6.61 Å². The van der Waals surface area contributed by atoms with Crippen molar-refractivity contribution >= 4 is 0 Å². The highest BCUT2D eigenvalue weighted by Crippen LogP contribution is 2.28. The molecule has 1 N–H and O–H groups in total. The van der Waals surface area contributed by atoms with E-state index in [1.54, 1.807) is 0 Å². The maximum atomic E-state index is 5.46. The molecule has 0 radical (unpaired) electrons. The second kappa shape index (κ2) is 2.53. The number of hydrogen-bond acceptors (Lipinski definition) is 1. The lowest BCUT2D eigenvalue weighted by atomic mass is 10.0. The summed E-state index contributed by atoms with van der Waals surface area (Å²) in [5.74, 6) is 1.63. The summed E-state index contributed by atoms with van der Waals surface area (Å²) in [6, 6.07) is 3.98. The number of hydrogen-bond donors (Lipinski definition) is 0. The highest BCUT2D eigenvalue weighted by atomic mass is 16.5. The lowest BCUT2D eigenvalue weighted by Gasteiger charge is -2.16. The van der Waals surface area contributed by atoms with E-state index in [2.05, 4.69) is 11.9 Å². The van der Waals surface area contributed by atoms with E-state index in [9.17, 15) is 0 Å². The van der Waals surface area contributed by atoms with Crippen molar-refractivity contribution in [3.63, 3.8) is 0 Å². The first-order valence-electron chi connectivity index (χ1n) is 4.01. The number of aromatic nitrogens is 1. The van der Waals surface area contributed by atoms with Crippen LogP contribution in [0.3, 0.4) is 0 Å². The molecule has 1 aliphatic rings. The minimum Gasteiger partial charge on any atom is -0.487 e. The Kier molecular flexibility index (Phi) is 1.53. The lowest BCUT2D eigenvalue weighted by molar-refractivity contribution is -0.395. The second-order valence-electron chi connectivity index (χ2n) is 2.99. The van der Waals surface area contributed by atoms with E-state index in [1.807, 2.05) is 18.3 Å². The largest absolute Gasteiger partial charge is 0.487 e. The molecule has 58 valence electrons. The van der Waals surface area contributed by atoms with Crippen LogP contribution in [0.2, 0.25) is 0 Å². The van der Waals surface area contributed by atoms with E-state index >= 15 is 0 Å². The van der Waals surface area contributed by atoms with Crippen LogP contribution in [0.15, 0.2) is 18.3 Å². The van der Waals surface area contributed by atoms with Crippen LogP contribution in [0, 0.1) is 0 Å². The van der Waals surface area contributed by atoms with Crippen molar-refractivity contribution in [1.82, 2.24) is 0 Å². The first-order chi connectivity index (χ1) is 5.38. The molecule has 2 nitrogen and oxygen atoms in total. The molecule has 0 aromatic carbocycles. The molecular formula is C9H12NO+. The molecule has 0 spiro atoms. The van der Waals surface area contributed by atoms with E-state index in [1.165, 1.54) is 5.69 Å². The van der Waals surface area contributed by atoms with Gasteiger partial charge in [0.2, 0.25) is 5.69 Å². The molecule has 0 saturated heterocycles. The fourth-order valence-corrected chi connectivity index (χ4v) is 1.44. The summed E-state index contributed by atoms with van der Waals surface area (Å²) in [6.07, 6.45) is 3.07. The maximum absolute atomic E-state index is 5.46. The van der Waals surface area contributed by atoms with Crippen molar-refractivity contribution < 1.29 is 9.72 Å². The summed E-state index contributed by atoms with van der Waals surface area (Å²) >= 11 is 0. The summed E-state index contributed by atoms with van der Waals surface area (Å²) in [7, 11) is 0. The van der Waals surface area contributed by atoms with Crippen LogP contribution < -0.4 is 9.72 Å². The SMILES string of the molecule is CC1CCOc2ccc[nH+]c21. The average molecular weight is 150 g/mol. The van der Waals surface area contributed by atoms with Gasteiger partial charge >= 0.3 is 0 Å². The number of nitrogens with one attached hydrogen (secondary N) is 1. The molecule has 1 unspecified atom stereocenters. The second-order valence-corrected chi connectivity index (χ2v) is 2.99. The first kappa shape index (κ1) is 6.65. The Labute approximate surface area is 66.2 Å². The quantitative estimate of drug-likeness (QED) is 0.548. The van der Waals surface area contributed by atoms with Gasteiger partial charge in [0.1, 0.15) is 0 Å². The normalized spacial score (nSPS) is 22.1. The van der Waals surface area contributed by atoms with Gasteiger partial charge in [-0.25, -0.2) is 4.98 Å². The van der Waals surface area contributed by atoms with Gasteiger partial charge in [0.25, 0.3) is 0 Å². The van der Waals surface area contributed by atoms with E-state index in [-0.39, 0.29) is 0 Å². The third kappa shape index (κ3) is 1.09. The number of ether oxygens (including phenoxy) is 1. The Morgan fingerprint density at radius 2 is 2.55 bits per heavy atom. The Hall–Kier alpha value is -1.05. The molecule has 0 amide bonds. The summed E-state index contributed by atoms with van der Waals surface area (Å²) in [4.78, 5) is 3.21. The molecule has 1 aliphatic heterocycles. The van der Waals surface area contributed by atoms with Crippen LogP contribution in [0.25, 0.3) is 0 Å². The van der Waals surface area contributed by atoms with Crippen LogP contribution in [0.1, 0.15) is 25.0 Å². The molecule has 1 atom stereocenters. The molecule has 2 heteroatoms. The molecule has 0 saturated carbocycles. The van der Waals surface area contributed by atoms with Crippen LogP contribution in [0.4, 0.5) is 0 Å². The fraction of sp³-hybridized carbons (Fsp3) is 0.444. The molecular weight excluding hydrogens is 138 g/mol. The average Bonchev–Trinajstić information content (AvgIpc) is 2.06. The van der Waals surface area contributed by atoms with Gasteiger partial charge in [-0.15, -0.1) is 0 Å². The summed E-state index contributed by atoms with van der Waals surface area (Å²) < 4.78 is 5.46. The highest BCUT2D eigenvalue weighted by molar-refractivity contribution is 5.27. The third-order valence-electron chi connectivity index (χ3n) is 2.15. The van der Waals surface area contributed by atoms with Crippen molar-refractivity contribution in [1.29, 1.82) is 0 Å². The Morgan fingerprint density at radius 3 is 3.36 bits per heavy atom. The van der Waals surface area contributed by atoms with Crippen LogP contribution in [-0.2, 0) is 0 Å². The minimum atomic E-state index is 0.611. The number of pyridine rings is 1. The zero-order chi connectivity index (χ0) is 7.68. The Balaban J connectivity index is 2.44. The standard InChI is InChI=1S/C9H11NO/c1-7-4-6-11-8-3-2-5-10-9(7)8/h2-3,5,7H,4,6H2,1H3/p+1. The molecule has 2 rings (SSSR count). The van der Waals surface area contributed by atoms with Gasteiger partial charge in [-0.1, -0.05) is 6.92 Å². The van der Waals surface area contributed by atoms with Gasteiger partial charge < -0.3 is 4.74 Å². The van der Waals surface area contributed by atoms with E-state index in [4.69, 9.17) is 4.74 Å². The molecule has 1 aromatic heterocycles.